The first-order chi connectivity index (χ1) is 10.6. The molecule has 22 heavy (non-hydrogen) atoms. The van der Waals surface area contributed by atoms with Gasteiger partial charge in [0.25, 0.3) is 5.91 Å². The number of aryl methyl sites for hydroxylation is 1. The zero-order valence-corrected chi connectivity index (χ0v) is 14.6. The predicted molar refractivity (Wildman–Crippen MR) is 93.8 cm³/mol. The van der Waals surface area contributed by atoms with Crippen molar-refractivity contribution in [1.29, 1.82) is 0 Å². The average molecular weight is 362 g/mol. The highest BCUT2D eigenvalue weighted by Gasteiger charge is 2.15. The molecule has 116 valence electrons. The summed E-state index contributed by atoms with van der Waals surface area (Å²) in [6, 6.07) is 16.4. The molecule has 0 bridgehead atoms. The van der Waals surface area contributed by atoms with Crippen molar-refractivity contribution >= 4 is 27.5 Å². The minimum absolute atomic E-state index is 0.0323. The van der Waals surface area contributed by atoms with E-state index >= 15 is 0 Å². The summed E-state index contributed by atoms with van der Waals surface area (Å²) in [6.07, 6.45) is 0.985. The molecule has 3 N–H and O–H groups in total. The number of carbonyl (C=O) groups is 1. The molecule has 0 aliphatic carbocycles. The lowest BCUT2D eigenvalue weighted by Gasteiger charge is -2.14. The maximum atomic E-state index is 12.1. The van der Waals surface area contributed by atoms with Crippen LogP contribution >= 0.6 is 15.9 Å². The predicted octanol–water partition coefficient (Wildman–Crippen LogP) is 3.41. The van der Waals surface area contributed by atoms with Gasteiger partial charge in [-0.1, -0.05) is 53.2 Å². The van der Waals surface area contributed by atoms with Gasteiger partial charge in [0.2, 0.25) is 0 Å². The molecule has 2 aromatic carbocycles. The molecule has 0 heterocycles. The highest BCUT2D eigenvalue weighted by molar-refractivity contribution is 9.10. The molecule has 2 rings (SSSR count). The van der Waals surface area contributed by atoms with Gasteiger partial charge in [-0.15, -0.1) is 0 Å². The first kappa shape index (κ1) is 16.7. The van der Waals surface area contributed by atoms with Gasteiger partial charge in [-0.3, -0.25) is 4.79 Å². The van der Waals surface area contributed by atoms with Crippen LogP contribution < -0.4 is 10.6 Å². The van der Waals surface area contributed by atoms with E-state index in [0.29, 0.717) is 12.6 Å². The number of para-hydroxylation sites is 1. The van der Waals surface area contributed by atoms with Gasteiger partial charge in [-0.25, -0.2) is 0 Å². The summed E-state index contributed by atoms with van der Waals surface area (Å²) in [5.74, 6) is 0.0323. The maximum absolute atomic E-state index is 12.1. The van der Waals surface area contributed by atoms with E-state index in [4.69, 9.17) is 0 Å². The highest BCUT2D eigenvalue weighted by atomic mass is 79.9. The van der Waals surface area contributed by atoms with Crippen molar-refractivity contribution in [2.24, 2.45) is 0 Å². The van der Waals surface area contributed by atoms with Gasteiger partial charge in [-0.2, -0.15) is 0 Å². The van der Waals surface area contributed by atoms with Crippen molar-refractivity contribution in [3.05, 3.63) is 64.1 Å². The molecule has 4 heteroatoms. The number of benzene rings is 2. The molecule has 0 saturated carbocycles. The fourth-order valence-corrected chi connectivity index (χ4v) is 2.68. The van der Waals surface area contributed by atoms with Crippen LogP contribution in [-0.4, -0.2) is 12.5 Å². The first-order valence-corrected chi connectivity index (χ1v) is 8.33. The van der Waals surface area contributed by atoms with Gasteiger partial charge in [0.15, 0.2) is 6.54 Å². The third-order valence-electron chi connectivity index (χ3n) is 3.74. The topological polar surface area (TPSA) is 45.7 Å². The summed E-state index contributed by atoms with van der Waals surface area (Å²) in [6.45, 7) is 4.56. The third kappa shape index (κ3) is 4.68. The van der Waals surface area contributed by atoms with Gasteiger partial charge in [0.05, 0.1) is 0 Å². The quantitative estimate of drug-likeness (QED) is 0.813. The van der Waals surface area contributed by atoms with Crippen LogP contribution in [0.2, 0.25) is 0 Å². The van der Waals surface area contributed by atoms with Crippen LogP contribution in [0.3, 0.4) is 0 Å². The normalized spacial score (nSPS) is 12.0. The molecule has 1 atom stereocenters. The van der Waals surface area contributed by atoms with Crippen molar-refractivity contribution < 1.29 is 10.1 Å². The fraction of sp³-hybridized carbons (Fsp3) is 0.278. The Morgan fingerprint density at radius 1 is 1.18 bits per heavy atom. The van der Waals surface area contributed by atoms with Crippen LogP contribution in [-0.2, 0) is 4.79 Å². The Labute approximate surface area is 140 Å². The lowest BCUT2D eigenvalue weighted by Crippen LogP contribution is -2.87. The molecular weight excluding hydrogens is 340 g/mol. The molecule has 0 aliphatic heterocycles. The largest absolute Gasteiger partial charge is 0.332 e. The molecule has 2 aromatic rings. The Bertz CT molecular complexity index is 625. The number of hydrogen-bond donors (Lipinski definition) is 2. The number of rotatable bonds is 6. The second-order valence-electron chi connectivity index (χ2n) is 5.37. The van der Waals surface area contributed by atoms with Gasteiger partial charge in [0, 0.05) is 22.1 Å². The molecule has 1 amide bonds. The van der Waals surface area contributed by atoms with Crippen molar-refractivity contribution in [3.63, 3.8) is 0 Å². The van der Waals surface area contributed by atoms with E-state index in [2.05, 4.69) is 45.6 Å². The Kier molecular flexibility index (Phi) is 6.16. The lowest BCUT2D eigenvalue weighted by molar-refractivity contribution is -0.686. The molecule has 3 nitrogen and oxygen atoms in total. The summed E-state index contributed by atoms with van der Waals surface area (Å²) in [4.78, 5) is 12.1. The second-order valence-corrected chi connectivity index (χ2v) is 6.28. The molecule has 0 radical (unpaired) electrons. The van der Waals surface area contributed by atoms with E-state index in [1.165, 1.54) is 5.56 Å². The summed E-state index contributed by atoms with van der Waals surface area (Å²) in [5.41, 5.74) is 3.21. The number of amides is 1. The third-order valence-corrected chi connectivity index (χ3v) is 4.27. The standard InChI is InChI=1S/C18H21BrN2O/c1-3-16(14-8-10-15(19)11-9-14)20-12-18(22)21-17-7-5-4-6-13(17)2/h4-11,16,20H,3,12H2,1-2H3,(H,21,22)/p+1/t16-/m0/s1. The summed E-state index contributed by atoms with van der Waals surface area (Å²) >= 11 is 3.45. The SMILES string of the molecule is CC[C@H]([NH2+]CC(=O)Nc1ccccc1C)c1ccc(Br)cc1. The number of nitrogens with two attached hydrogens (primary N) is 1. The Morgan fingerprint density at radius 2 is 1.86 bits per heavy atom. The van der Waals surface area contributed by atoms with E-state index in [0.717, 1.165) is 22.1 Å². The first-order valence-electron chi connectivity index (χ1n) is 7.54. The number of carbonyl (C=O) groups excluding carboxylic acids is 1. The number of halogens is 1. The number of hydrogen-bond acceptors (Lipinski definition) is 1. The average Bonchev–Trinajstić information content (AvgIpc) is 2.52. The van der Waals surface area contributed by atoms with Gasteiger partial charge >= 0.3 is 0 Å². The lowest BCUT2D eigenvalue weighted by atomic mass is 10.0. The van der Waals surface area contributed by atoms with E-state index in [-0.39, 0.29) is 5.91 Å². The van der Waals surface area contributed by atoms with E-state index < -0.39 is 0 Å². The van der Waals surface area contributed by atoms with Crippen molar-refractivity contribution in [3.8, 4) is 0 Å². The van der Waals surface area contributed by atoms with Gasteiger partial charge in [-0.05, 0) is 30.7 Å². The molecule has 0 aromatic heterocycles. The Hall–Kier alpha value is -1.65. The van der Waals surface area contributed by atoms with Crippen molar-refractivity contribution in [2.75, 3.05) is 11.9 Å². The molecule has 0 fully saturated rings. The number of quaternary nitrogens is 1. The molecule has 0 aliphatic rings. The van der Waals surface area contributed by atoms with E-state index in [1.54, 1.807) is 0 Å². The van der Waals surface area contributed by atoms with Gasteiger partial charge < -0.3 is 10.6 Å². The van der Waals surface area contributed by atoms with Crippen LogP contribution in [0.25, 0.3) is 0 Å². The molecule has 0 spiro atoms. The number of nitrogens with one attached hydrogen (secondary N) is 1. The van der Waals surface area contributed by atoms with Crippen molar-refractivity contribution in [1.82, 2.24) is 0 Å². The van der Waals surface area contributed by atoms with E-state index in [9.17, 15) is 4.79 Å². The molecular formula is C18H22BrN2O+. The van der Waals surface area contributed by atoms with Crippen molar-refractivity contribution in [2.45, 2.75) is 26.3 Å². The van der Waals surface area contributed by atoms with E-state index in [1.807, 2.05) is 43.3 Å². The fourth-order valence-electron chi connectivity index (χ4n) is 2.41. The smallest absolute Gasteiger partial charge is 0.279 e. The minimum atomic E-state index is 0.0323. The zero-order valence-electron chi connectivity index (χ0n) is 13.0. The Morgan fingerprint density at radius 3 is 2.50 bits per heavy atom. The van der Waals surface area contributed by atoms with Crippen LogP contribution in [0.1, 0.15) is 30.5 Å². The second kappa shape index (κ2) is 8.11. The van der Waals surface area contributed by atoms with Gasteiger partial charge in [0.1, 0.15) is 6.04 Å². The van der Waals surface area contributed by atoms with Crippen LogP contribution in [0, 0.1) is 6.92 Å². The molecule has 0 unspecified atom stereocenters. The summed E-state index contributed by atoms with van der Waals surface area (Å²) in [5, 5.41) is 5.07. The minimum Gasteiger partial charge on any atom is -0.332 e. The molecule has 0 saturated heterocycles. The Balaban J connectivity index is 1.91. The summed E-state index contributed by atoms with van der Waals surface area (Å²) < 4.78 is 1.07. The monoisotopic (exact) mass is 361 g/mol. The summed E-state index contributed by atoms with van der Waals surface area (Å²) in [7, 11) is 0. The van der Waals surface area contributed by atoms with Crippen LogP contribution in [0.5, 0.6) is 0 Å². The van der Waals surface area contributed by atoms with Crippen LogP contribution in [0.4, 0.5) is 5.69 Å². The highest BCUT2D eigenvalue weighted by Crippen LogP contribution is 2.16. The zero-order chi connectivity index (χ0) is 15.9. The van der Waals surface area contributed by atoms with Crippen LogP contribution in [0.15, 0.2) is 53.0 Å². The maximum Gasteiger partial charge on any atom is 0.279 e. The number of anilines is 1.